The first-order chi connectivity index (χ1) is 15.7. The van der Waals surface area contributed by atoms with Crippen LogP contribution >= 0.6 is 11.3 Å². The lowest BCUT2D eigenvalue weighted by atomic mass is 9.87. The number of likely N-dealkylation sites (N-methyl/N-ethyl adjacent to an activating group) is 1. The Morgan fingerprint density at radius 3 is 3.12 bits per heavy atom. The molecule has 1 amide bonds. The second-order valence-corrected chi connectivity index (χ2v) is 9.24. The van der Waals surface area contributed by atoms with Gasteiger partial charge in [0.1, 0.15) is 17.0 Å². The van der Waals surface area contributed by atoms with Gasteiger partial charge in [-0.05, 0) is 55.0 Å². The Balaban J connectivity index is 1.41. The van der Waals surface area contributed by atoms with E-state index in [0.29, 0.717) is 19.6 Å². The summed E-state index contributed by atoms with van der Waals surface area (Å²) in [7, 11) is 0. The molecule has 1 aromatic carbocycles. The molecule has 0 radical (unpaired) electrons. The van der Waals surface area contributed by atoms with Crippen LogP contribution in [-0.2, 0) is 24.2 Å². The van der Waals surface area contributed by atoms with Crippen LogP contribution < -0.4 is 5.32 Å². The fourth-order valence-corrected chi connectivity index (χ4v) is 5.85. The summed E-state index contributed by atoms with van der Waals surface area (Å²) in [4.78, 5) is 33.9. The number of carbonyl (C=O) groups is 1. The molecule has 0 spiro atoms. The maximum atomic E-state index is 13.0. The molecule has 1 unspecified atom stereocenters. The van der Waals surface area contributed by atoms with Crippen molar-refractivity contribution in [2.24, 2.45) is 10.9 Å². The van der Waals surface area contributed by atoms with Crippen LogP contribution in [0.2, 0.25) is 0 Å². The highest BCUT2D eigenvalue weighted by Gasteiger charge is 2.31. The largest absolute Gasteiger partial charge is 0.340 e. The molecule has 162 valence electrons. The lowest BCUT2D eigenvalue weighted by molar-refractivity contribution is -0.135. The third kappa shape index (κ3) is 3.73. The lowest BCUT2D eigenvalue weighted by Crippen LogP contribution is -2.39. The van der Waals surface area contributed by atoms with Crippen LogP contribution in [0.1, 0.15) is 34.9 Å². The van der Waals surface area contributed by atoms with Gasteiger partial charge in [-0.25, -0.2) is 16.5 Å². The number of anilines is 2. The molecule has 8 heteroatoms. The van der Waals surface area contributed by atoms with Crippen LogP contribution in [-0.4, -0.2) is 46.6 Å². The first kappa shape index (κ1) is 20.6. The van der Waals surface area contributed by atoms with Crippen molar-refractivity contribution in [1.29, 1.82) is 0 Å². The predicted molar refractivity (Wildman–Crippen MR) is 128 cm³/mol. The molecule has 5 rings (SSSR count). The Morgan fingerprint density at radius 2 is 2.28 bits per heavy atom. The number of hydrogen-bond donors (Lipinski definition) is 1. The number of rotatable bonds is 6. The maximum absolute atomic E-state index is 13.0. The van der Waals surface area contributed by atoms with Gasteiger partial charge in [0.15, 0.2) is 0 Å². The van der Waals surface area contributed by atoms with Gasteiger partial charge in [-0.15, -0.1) is 11.3 Å². The van der Waals surface area contributed by atoms with Gasteiger partial charge < -0.3 is 15.1 Å². The highest BCUT2D eigenvalue weighted by Crippen LogP contribution is 2.41. The lowest BCUT2D eigenvalue weighted by Gasteiger charge is -2.27. The van der Waals surface area contributed by atoms with Crippen molar-refractivity contribution in [3.63, 3.8) is 0 Å². The SMILES string of the molecule is [C-]#[N+]CCN(CC)C(=O)C1CCc2c(sc3ncnc(Nc4ccc5c(c4)C=NC5)c23)C1. The Hall–Kier alpha value is -3.31. The molecule has 2 aliphatic rings. The highest BCUT2D eigenvalue weighted by atomic mass is 32.1. The Kier molecular flexibility index (Phi) is 5.58. The molecule has 1 atom stereocenters. The summed E-state index contributed by atoms with van der Waals surface area (Å²) in [6.07, 6.45) is 5.91. The van der Waals surface area contributed by atoms with E-state index < -0.39 is 0 Å². The van der Waals surface area contributed by atoms with Crippen molar-refractivity contribution in [3.8, 4) is 0 Å². The summed E-state index contributed by atoms with van der Waals surface area (Å²) in [5.74, 6) is 0.963. The molecule has 1 aliphatic carbocycles. The number of thiophene rings is 1. The molecule has 2 aromatic heterocycles. The average molecular weight is 445 g/mol. The quantitative estimate of drug-likeness (QED) is 0.577. The first-order valence-electron chi connectivity index (χ1n) is 10.9. The normalized spacial score (nSPS) is 16.4. The van der Waals surface area contributed by atoms with Crippen LogP contribution in [0.4, 0.5) is 11.5 Å². The van der Waals surface area contributed by atoms with E-state index in [-0.39, 0.29) is 11.8 Å². The molecule has 0 saturated heterocycles. The van der Waals surface area contributed by atoms with E-state index in [9.17, 15) is 4.79 Å². The minimum absolute atomic E-state index is 0.0263. The molecular weight excluding hydrogens is 420 g/mol. The summed E-state index contributed by atoms with van der Waals surface area (Å²) < 4.78 is 0. The minimum Gasteiger partial charge on any atom is -0.340 e. The number of benzene rings is 1. The zero-order valence-electron chi connectivity index (χ0n) is 18.0. The fourth-order valence-electron chi connectivity index (χ4n) is 4.58. The highest BCUT2D eigenvalue weighted by molar-refractivity contribution is 7.19. The number of aliphatic imine (C=N–C) groups is 1. The second kappa shape index (κ2) is 8.67. The molecular formula is C24H24N6OS. The Labute approximate surface area is 191 Å². The van der Waals surface area contributed by atoms with Crippen molar-refractivity contribution in [3.05, 3.63) is 57.5 Å². The molecule has 3 aromatic rings. The fraction of sp³-hybridized carbons (Fsp3) is 0.375. The topological polar surface area (TPSA) is 74.8 Å². The third-order valence-electron chi connectivity index (χ3n) is 6.27. The summed E-state index contributed by atoms with van der Waals surface area (Å²) in [6, 6.07) is 6.28. The summed E-state index contributed by atoms with van der Waals surface area (Å²) in [5, 5.41) is 4.56. The van der Waals surface area contributed by atoms with Crippen LogP contribution in [0.15, 0.2) is 29.5 Å². The monoisotopic (exact) mass is 444 g/mol. The summed E-state index contributed by atoms with van der Waals surface area (Å²) in [6.45, 7) is 11.3. The van der Waals surface area contributed by atoms with E-state index in [2.05, 4.69) is 43.3 Å². The van der Waals surface area contributed by atoms with Gasteiger partial charge >= 0.3 is 0 Å². The van der Waals surface area contributed by atoms with E-state index >= 15 is 0 Å². The zero-order chi connectivity index (χ0) is 22.1. The predicted octanol–water partition coefficient (Wildman–Crippen LogP) is 4.24. The van der Waals surface area contributed by atoms with Gasteiger partial charge in [-0.2, -0.15) is 0 Å². The Morgan fingerprint density at radius 1 is 1.38 bits per heavy atom. The molecule has 0 saturated carbocycles. The maximum Gasteiger partial charge on any atom is 0.232 e. The minimum atomic E-state index is -0.0263. The molecule has 32 heavy (non-hydrogen) atoms. The number of amides is 1. The van der Waals surface area contributed by atoms with Crippen molar-refractivity contribution in [1.82, 2.24) is 14.9 Å². The molecule has 1 N–H and O–H groups in total. The van der Waals surface area contributed by atoms with E-state index in [1.807, 2.05) is 18.0 Å². The van der Waals surface area contributed by atoms with Crippen LogP contribution in [0.25, 0.3) is 15.1 Å². The van der Waals surface area contributed by atoms with E-state index in [1.54, 1.807) is 17.7 Å². The van der Waals surface area contributed by atoms with E-state index in [0.717, 1.165) is 53.1 Å². The van der Waals surface area contributed by atoms with Crippen molar-refractivity contribution >= 4 is 45.2 Å². The van der Waals surface area contributed by atoms with Crippen molar-refractivity contribution in [2.75, 3.05) is 25.0 Å². The molecule has 1 aliphatic heterocycles. The van der Waals surface area contributed by atoms with Gasteiger partial charge in [-0.1, -0.05) is 6.07 Å². The van der Waals surface area contributed by atoms with Crippen LogP contribution in [0.3, 0.4) is 0 Å². The van der Waals surface area contributed by atoms with Gasteiger partial charge in [0.05, 0.1) is 18.5 Å². The van der Waals surface area contributed by atoms with Crippen LogP contribution in [0, 0.1) is 12.5 Å². The van der Waals surface area contributed by atoms with Gasteiger partial charge in [-0.3, -0.25) is 9.79 Å². The number of hydrogen-bond acceptors (Lipinski definition) is 6. The summed E-state index contributed by atoms with van der Waals surface area (Å²) in [5.41, 5.74) is 4.64. The summed E-state index contributed by atoms with van der Waals surface area (Å²) >= 11 is 1.67. The van der Waals surface area contributed by atoms with E-state index in [1.165, 1.54) is 16.0 Å². The molecule has 7 nitrogen and oxygen atoms in total. The smallest absolute Gasteiger partial charge is 0.232 e. The van der Waals surface area contributed by atoms with Gasteiger partial charge in [0, 0.05) is 29.2 Å². The van der Waals surface area contributed by atoms with Gasteiger partial charge in [0.25, 0.3) is 0 Å². The van der Waals surface area contributed by atoms with Gasteiger partial charge in [0.2, 0.25) is 12.5 Å². The number of aromatic nitrogens is 2. The standard InChI is InChI=1S/C24H24N6OS/c1-3-30(9-8-25-2)24(31)15-5-7-19-20(11-15)32-23-21(19)22(27-14-28-23)29-18-6-4-16-12-26-13-17(16)10-18/h4,6,10,13-15H,3,5,7-9,11-12H2,1H3,(H,27,28,29). The van der Waals surface area contributed by atoms with E-state index in [4.69, 9.17) is 6.57 Å². The Bertz CT molecular complexity index is 1260. The molecule has 0 bridgehead atoms. The van der Waals surface area contributed by atoms with Crippen LogP contribution in [0.5, 0.6) is 0 Å². The first-order valence-corrected chi connectivity index (χ1v) is 11.8. The number of carbonyl (C=O) groups excluding carboxylic acids is 1. The number of nitrogens with zero attached hydrogens (tertiary/aromatic N) is 5. The molecule has 3 heterocycles. The second-order valence-electron chi connectivity index (χ2n) is 8.15. The van der Waals surface area contributed by atoms with Crippen molar-refractivity contribution in [2.45, 2.75) is 32.7 Å². The number of nitrogens with one attached hydrogen (secondary N) is 1. The van der Waals surface area contributed by atoms with Crippen molar-refractivity contribution < 1.29 is 4.79 Å². The molecule has 0 fully saturated rings. The third-order valence-corrected chi connectivity index (χ3v) is 7.43. The number of aryl methyl sites for hydroxylation is 1. The zero-order valence-corrected chi connectivity index (χ0v) is 18.8. The average Bonchev–Trinajstić information content (AvgIpc) is 3.43. The number of fused-ring (bicyclic) bond motifs is 4.